The number of carbonyl (C=O) groups is 1. The first kappa shape index (κ1) is 26.6. The Morgan fingerprint density at radius 2 is 1.86 bits per heavy atom. The SMILES string of the molecule is CC[C@@H](COC(=O)N1CCCCC1)n1cc(C)c2nc(-c3cccc(OC(F)(F)F)c3OC)c(C)cc21. The molecule has 0 saturated carbocycles. The highest BCUT2D eigenvalue weighted by molar-refractivity contribution is 5.86. The monoisotopic (exact) mass is 519 g/mol. The van der Waals surface area contributed by atoms with Crippen LogP contribution in [0.3, 0.4) is 0 Å². The highest BCUT2D eigenvalue weighted by Crippen LogP contribution is 2.41. The predicted molar refractivity (Wildman–Crippen MR) is 134 cm³/mol. The number of ether oxygens (including phenoxy) is 3. The number of methoxy groups -OCH3 is 1. The lowest BCUT2D eigenvalue weighted by Gasteiger charge is -2.27. The topological polar surface area (TPSA) is 65.8 Å². The minimum absolute atomic E-state index is 0.0390. The van der Waals surface area contributed by atoms with E-state index in [1.807, 2.05) is 33.0 Å². The summed E-state index contributed by atoms with van der Waals surface area (Å²) in [6, 6.07) is 6.21. The summed E-state index contributed by atoms with van der Waals surface area (Å²) in [6.07, 6.45) is 0.713. The number of para-hydroxylation sites is 1. The fourth-order valence-electron chi connectivity index (χ4n) is 4.85. The largest absolute Gasteiger partial charge is 0.573 e. The summed E-state index contributed by atoms with van der Waals surface area (Å²) >= 11 is 0. The maximum absolute atomic E-state index is 12.9. The Bertz CT molecular complexity index is 1270. The van der Waals surface area contributed by atoms with E-state index in [0.29, 0.717) is 16.8 Å². The van der Waals surface area contributed by atoms with Gasteiger partial charge in [-0.05, 0) is 68.9 Å². The molecule has 0 radical (unpaired) electrons. The number of aromatic nitrogens is 2. The van der Waals surface area contributed by atoms with E-state index in [1.165, 1.54) is 19.2 Å². The maximum Gasteiger partial charge on any atom is 0.573 e. The fraction of sp³-hybridized carbons (Fsp3) is 0.481. The lowest BCUT2D eigenvalue weighted by molar-refractivity contribution is -0.275. The molecule has 1 amide bonds. The molecule has 0 aliphatic carbocycles. The number of hydrogen-bond donors (Lipinski definition) is 0. The first-order valence-corrected chi connectivity index (χ1v) is 12.5. The molecule has 7 nitrogen and oxygen atoms in total. The quantitative estimate of drug-likeness (QED) is 0.343. The van der Waals surface area contributed by atoms with Gasteiger partial charge >= 0.3 is 12.5 Å². The number of nitrogens with zero attached hydrogens (tertiary/aromatic N) is 3. The number of alkyl halides is 3. The predicted octanol–water partition coefficient (Wildman–Crippen LogP) is 6.80. The standard InChI is InChI=1S/C27H32F3N3O4/c1-5-19(16-36-26(34)32-12-7-6-8-13-32)33-15-18(3)24-21(33)14-17(2)23(31-24)20-10-9-11-22(25(20)35-4)37-27(28,29)30/h9-11,14-15,19H,5-8,12-13,16H2,1-4H3/t19-/m0/s1. The number of pyridine rings is 1. The molecule has 2 aromatic heterocycles. The third-order valence-electron chi connectivity index (χ3n) is 6.72. The molecule has 1 aromatic carbocycles. The summed E-state index contributed by atoms with van der Waals surface area (Å²) in [5, 5.41) is 0. The number of piperidine rings is 1. The van der Waals surface area contributed by atoms with E-state index in [0.717, 1.165) is 55.4 Å². The van der Waals surface area contributed by atoms with Crippen molar-refractivity contribution in [3.63, 3.8) is 0 Å². The normalized spacial score (nSPS) is 15.1. The van der Waals surface area contributed by atoms with Crippen LogP contribution < -0.4 is 9.47 Å². The molecule has 3 heterocycles. The van der Waals surface area contributed by atoms with Gasteiger partial charge in [-0.2, -0.15) is 0 Å². The fourth-order valence-corrected chi connectivity index (χ4v) is 4.85. The molecule has 0 spiro atoms. The van der Waals surface area contributed by atoms with Crippen molar-refractivity contribution in [1.29, 1.82) is 0 Å². The minimum atomic E-state index is -4.85. The molecule has 37 heavy (non-hydrogen) atoms. The lowest BCUT2D eigenvalue weighted by Crippen LogP contribution is -2.36. The average Bonchev–Trinajstić information content (AvgIpc) is 3.18. The van der Waals surface area contributed by atoms with Gasteiger partial charge in [0.1, 0.15) is 6.61 Å². The van der Waals surface area contributed by atoms with Gasteiger partial charge in [0.05, 0.1) is 29.9 Å². The van der Waals surface area contributed by atoms with Crippen molar-refractivity contribution in [2.75, 3.05) is 26.8 Å². The van der Waals surface area contributed by atoms with Crippen molar-refractivity contribution < 1.29 is 32.2 Å². The molecule has 1 atom stereocenters. The van der Waals surface area contributed by atoms with E-state index in [2.05, 4.69) is 9.30 Å². The van der Waals surface area contributed by atoms with Crippen LogP contribution in [0.4, 0.5) is 18.0 Å². The number of fused-ring (bicyclic) bond motifs is 1. The molecule has 0 unspecified atom stereocenters. The molecule has 1 aliphatic heterocycles. The number of hydrogen-bond acceptors (Lipinski definition) is 5. The Morgan fingerprint density at radius 1 is 1.14 bits per heavy atom. The summed E-state index contributed by atoms with van der Waals surface area (Å²) in [7, 11) is 1.30. The van der Waals surface area contributed by atoms with Crippen molar-refractivity contribution in [3.05, 3.63) is 41.6 Å². The third-order valence-corrected chi connectivity index (χ3v) is 6.72. The number of amides is 1. The smallest absolute Gasteiger partial charge is 0.492 e. The van der Waals surface area contributed by atoms with Crippen molar-refractivity contribution in [1.82, 2.24) is 14.5 Å². The Labute approximate surface area is 214 Å². The number of carbonyl (C=O) groups excluding carboxylic acids is 1. The zero-order valence-electron chi connectivity index (χ0n) is 21.5. The van der Waals surface area contributed by atoms with E-state index in [9.17, 15) is 18.0 Å². The lowest BCUT2D eigenvalue weighted by atomic mass is 10.0. The third kappa shape index (κ3) is 5.78. The first-order chi connectivity index (χ1) is 17.6. The van der Waals surface area contributed by atoms with Crippen molar-refractivity contribution in [2.45, 2.75) is 58.9 Å². The van der Waals surface area contributed by atoms with Crippen molar-refractivity contribution in [3.8, 4) is 22.8 Å². The number of likely N-dealkylation sites (tertiary alicyclic amines) is 1. The molecule has 3 aromatic rings. The molecule has 200 valence electrons. The molecule has 0 bridgehead atoms. The molecule has 1 fully saturated rings. The van der Waals surface area contributed by atoms with Gasteiger partial charge in [-0.1, -0.05) is 13.0 Å². The van der Waals surface area contributed by atoms with Crippen LogP contribution in [0.25, 0.3) is 22.3 Å². The number of aryl methyl sites for hydroxylation is 2. The van der Waals surface area contributed by atoms with Gasteiger partial charge in [0.25, 0.3) is 0 Å². The summed E-state index contributed by atoms with van der Waals surface area (Å²) in [5.74, 6) is -0.465. The van der Waals surface area contributed by atoms with Gasteiger partial charge in [-0.25, -0.2) is 9.78 Å². The second kappa shape index (κ2) is 10.9. The van der Waals surface area contributed by atoms with Crippen molar-refractivity contribution in [2.24, 2.45) is 0 Å². The van der Waals surface area contributed by atoms with E-state index in [1.54, 1.807) is 11.0 Å². The maximum atomic E-state index is 12.9. The van der Waals surface area contributed by atoms with E-state index in [4.69, 9.17) is 14.5 Å². The summed E-state index contributed by atoms with van der Waals surface area (Å²) in [6.45, 7) is 7.50. The Morgan fingerprint density at radius 3 is 2.51 bits per heavy atom. The zero-order valence-corrected chi connectivity index (χ0v) is 21.5. The molecule has 10 heteroatoms. The van der Waals surface area contributed by atoms with Gasteiger partial charge in [0.15, 0.2) is 11.5 Å². The summed E-state index contributed by atoms with van der Waals surface area (Å²) in [5.41, 5.74) is 4.14. The Balaban J connectivity index is 1.66. The summed E-state index contributed by atoms with van der Waals surface area (Å²) in [4.78, 5) is 19.1. The van der Waals surface area contributed by atoms with E-state index >= 15 is 0 Å². The van der Waals surface area contributed by atoms with Gasteiger partial charge in [0.2, 0.25) is 0 Å². The number of rotatable bonds is 7. The van der Waals surface area contributed by atoms with Gasteiger partial charge in [-0.3, -0.25) is 0 Å². The second-order valence-corrected chi connectivity index (χ2v) is 9.31. The molecule has 1 aliphatic rings. The first-order valence-electron chi connectivity index (χ1n) is 12.5. The molecular weight excluding hydrogens is 487 g/mol. The van der Waals surface area contributed by atoms with Crippen LogP contribution in [0, 0.1) is 13.8 Å². The molecule has 1 saturated heterocycles. The highest BCUT2D eigenvalue weighted by atomic mass is 19.4. The van der Waals surface area contributed by atoms with Crippen LogP contribution in [0.2, 0.25) is 0 Å². The minimum Gasteiger partial charge on any atom is -0.492 e. The van der Waals surface area contributed by atoms with E-state index < -0.39 is 12.1 Å². The van der Waals surface area contributed by atoms with Crippen LogP contribution in [0.5, 0.6) is 11.5 Å². The summed E-state index contributed by atoms with van der Waals surface area (Å²) < 4.78 is 56.0. The van der Waals surface area contributed by atoms with Crippen LogP contribution in [0.1, 0.15) is 49.8 Å². The van der Waals surface area contributed by atoms with E-state index in [-0.39, 0.29) is 24.5 Å². The Hall–Kier alpha value is -3.43. The van der Waals surface area contributed by atoms with Crippen LogP contribution in [0.15, 0.2) is 30.5 Å². The molecule has 4 rings (SSSR count). The second-order valence-electron chi connectivity index (χ2n) is 9.31. The van der Waals surface area contributed by atoms with Crippen molar-refractivity contribution >= 4 is 17.1 Å². The average molecular weight is 520 g/mol. The molecule has 0 N–H and O–H groups in total. The highest BCUT2D eigenvalue weighted by Gasteiger charge is 2.33. The van der Waals surface area contributed by atoms with Gasteiger partial charge < -0.3 is 23.7 Å². The number of benzene rings is 1. The zero-order chi connectivity index (χ0) is 26.7. The number of halogens is 3. The Kier molecular flexibility index (Phi) is 7.85. The molecular formula is C27H32F3N3O4. The van der Waals surface area contributed by atoms with Gasteiger partial charge in [0, 0.05) is 24.8 Å². The van der Waals surface area contributed by atoms with Crippen LogP contribution in [-0.4, -0.2) is 53.7 Å². The van der Waals surface area contributed by atoms with Gasteiger partial charge in [-0.15, -0.1) is 13.2 Å². The van der Waals surface area contributed by atoms with Crippen LogP contribution in [-0.2, 0) is 4.74 Å². The van der Waals surface area contributed by atoms with Crippen LogP contribution >= 0.6 is 0 Å².